The maximum atomic E-state index is 10.1. The maximum Gasteiger partial charge on any atom is 0.256 e. The van der Waals surface area contributed by atoms with Crippen LogP contribution >= 0.6 is 0 Å². The molecule has 4 heterocycles. The number of benzene rings is 12. The van der Waals surface area contributed by atoms with Gasteiger partial charge in [0.25, 0.3) is 13.4 Å². The molecule has 4 nitrogen and oxygen atoms in total. The molecule has 0 radical (unpaired) electrons. The predicted molar refractivity (Wildman–Crippen MR) is 438 cm³/mol. The van der Waals surface area contributed by atoms with Gasteiger partial charge in [-0.15, -0.1) is 0 Å². The van der Waals surface area contributed by atoms with Gasteiger partial charge in [-0.2, -0.15) is 0 Å². The molecule has 1 spiro atoms. The van der Waals surface area contributed by atoms with E-state index in [-0.39, 0.29) is 85.6 Å². The molecule has 0 N–H and O–H groups in total. The third-order valence-electron chi connectivity index (χ3n) is 23.0. The summed E-state index contributed by atoms with van der Waals surface area (Å²) < 4.78 is 92.6. The molecule has 508 valence electrons. The van der Waals surface area contributed by atoms with Crippen molar-refractivity contribution in [3.63, 3.8) is 0 Å². The van der Waals surface area contributed by atoms with E-state index in [1.807, 2.05) is 36.4 Å². The van der Waals surface area contributed by atoms with Crippen molar-refractivity contribution in [2.75, 3.05) is 9.80 Å². The Kier molecular flexibility index (Phi) is 12.1. The van der Waals surface area contributed by atoms with E-state index in [2.05, 4.69) is 280 Å². The summed E-state index contributed by atoms with van der Waals surface area (Å²) in [7, 11) is 0. The van der Waals surface area contributed by atoms with Crippen molar-refractivity contribution >= 4 is 80.3 Å². The van der Waals surface area contributed by atoms with E-state index in [0.29, 0.717) is 33.9 Å². The first-order valence-electron chi connectivity index (χ1n) is 40.8. The van der Waals surface area contributed by atoms with Crippen LogP contribution in [0.25, 0.3) is 44.5 Å². The Morgan fingerprint density at radius 3 is 1.15 bits per heavy atom. The predicted octanol–water partition coefficient (Wildman–Crippen LogP) is 22.0. The monoisotopic (exact) mass is 1350 g/mol. The summed E-state index contributed by atoms with van der Waals surface area (Å²) >= 11 is 0. The molecule has 103 heavy (non-hydrogen) atoms. The van der Waals surface area contributed by atoms with Gasteiger partial charge < -0.3 is 19.3 Å². The average molecular weight is 1350 g/mol. The minimum atomic E-state index is -1.67. The van der Waals surface area contributed by atoms with E-state index in [1.54, 1.807) is 0 Å². The van der Waals surface area contributed by atoms with Crippen LogP contribution in [0.15, 0.2) is 230 Å². The second-order valence-corrected chi connectivity index (χ2v) is 36.0. The number of hydrogen-bond donors (Lipinski definition) is 0. The first kappa shape index (κ1) is 56.5. The number of rotatable bonds is 4. The Morgan fingerprint density at radius 1 is 0.301 bits per heavy atom. The van der Waals surface area contributed by atoms with E-state index in [4.69, 9.17) is 9.47 Å². The van der Waals surface area contributed by atoms with Gasteiger partial charge in [-0.1, -0.05) is 288 Å². The van der Waals surface area contributed by atoms with E-state index in [0.717, 1.165) is 100 Å². The van der Waals surface area contributed by atoms with E-state index in [9.17, 15) is 11.0 Å². The summed E-state index contributed by atoms with van der Waals surface area (Å²) in [5.74, 6) is 2.71. The van der Waals surface area contributed by atoms with E-state index < -0.39 is 36.3 Å². The van der Waals surface area contributed by atoms with Crippen LogP contribution in [-0.4, -0.2) is 13.4 Å². The second-order valence-electron chi connectivity index (χ2n) is 36.0. The third kappa shape index (κ3) is 9.85. The smallest absolute Gasteiger partial charge is 0.256 e. The van der Waals surface area contributed by atoms with Crippen molar-refractivity contribution in [3.8, 4) is 67.5 Å². The lowest BCUT2D eigenvalue weighted by Crippen LogP contribution is -2.63. The Labute approximate surface area is 623 Å². The zero-order chi connectivity index (χ0) is 78.7. The largest absolute Gasteiger partial charge is 0.458 e. The second kappa shape index (κ2) is 22.0. The molecule has 6 heteroatoms. The molecule has 18 rings (SSSR count). The minimum Gasteiger partial charge on any atom is -0.458 e. The number of fused-ring (bicyclic) bond motifs is 18. The molecule has 0 atom stereocenters. The Bertz CT molecular complexity index is 5970. The van der Waals surface area contributed by atoms with Crippen LogP contribution in [0.5, 0.6) is 23.0 Å². The Hall–Kier alpha value is -10.0. The summed E-state index contributed by atoms with van der Waals surface area (Å²) in [6.07, 6.45) is 0. The average Bonchev–Trinajstić information content (AvgIpc) is 1.49. The molecule has 0 unspecified atom stereocenters. The highest BCUT2D eigenvalue weighted by atomic mass is 16.5. The lowest BCUT2D eigenvalue weighted by atomic mass is 9.31. The van der Waals surface area contributed by atoms with Gasteiger partial charge in [-0.05, 0) is 226 Å². The molecule has 0 bridgehead atoms. The van der Waals surface area contributed by atoms with E-state index in [1.165, 1.54) is 33.4 Å². The number of para-hydroxylation sites is 2. The van der Waals surface area contributed by atoms with Gasteiger partial charge in [0.15, 0.2) is 0 Å². The van der Waals surface area contributed by atoms with Crippen molar-refractivity contribution in [2.24, 2.45) is 0 Å². The fourth-order valence-corrected chi connectivity index (χ4v) is 17.4. The van der Waals surface area contributed by atoms with Crippen LogP contribution in [0.4, 0.5) is 34.1 Å². The summed E-state index contributed by atoms with van der Waals surface area (Å²) in [4.78, 5) is 4.94. The SMILES string of the molecule is [2H]c1c([2H])c([2H])c2c(c1[2H])-c1c([2H])c([2H])c([2H])c([2H])c1C21c2ccccc2-c2cccc(-c3cc4c5c(c3)N(c3cc(C(C)(C)C)cc(C(C)(C)C)c3)c3ccccc3B5c3cc5c(cc3O4)Oc3cc(-c4cc(C(C)(C)C)cc(C(C)(C)C)c4)cc4c3B5c3ccccc3N4c3cc(C(C)(C)C)cc(C(C)(C)C)c3)c21. The first-order chi connectivity index (χ1) is 52.2. The van der Waals surface area contributed by atoms with Gasteiger partial charge in [-0.3, -0.25) is 0 Å². The van der Waals surface area contributed by atoms with Crippen LogP contribution in [0, 0.1) is 0 Å². The first-order valence-corrected chi connectivity index (χ1v) is 36.8. The fraction of sp³-hybridized carbons (Fsp3) is 0.258. The van der Waals surface area contributed by atoms with Crippen molar-refractivity contribution in [2.45, 2.75) is 163 Å². The number of nitrogens with zero attached hydrogens (tertiary/aromatic N) is 2. The van der Waals surface area contributed by atoms with E-state index >= 15 is 0 Å². The van der Waals surface area contributed by atoms with Crippen LogP contribution in [0.3, 0.4) is 0 Å². The van der Waals surface area contributed by atoms with Crippen LogP contribution < -0.4 is 52.1 Å². The molecular weight excluding hydrogens is 1250 g/mol. The number of anilines is 6. The highest BCUT2D eigenvalue weighted by molar-refractivity contribution is 7.02. The zero-order valence-corrected chi connectivity index (χ0v) is 62.7. The van der Waals surface area contributed by atoms with Crippen molar-refractivity contribution in [1.29, 1.82) is 0 Å². The van der Waals surface area contributed by atoms with Gasteiger partial charge in [-0.25, -0.2) is 0 Å². The molecular formula is C97H92B2N2O2. The summed E-state index contributed by atoms with van der Waals surface area (Å²) in [5.41, 5.74) is 24.0. The van der Waals surface area contributed by atoms with Crippen LogP contribution in [0.2, 0.25) is 0 Å². The highest BCUT2D eigenvalue weighted by Gasteiger charge is 2.54. The zero-order valence-electron chi connectivity index (χ0n) is 70.7. The summed E-state index contributed by atoms with van der Waals surface area (Å²) in [6, 6.07) is 63.6. The van der Waals surface area contributed by atoms with Crippen LogP contribution in [-0.2, 0) is 37.9 Å². The Balaban J connectivity index is 0.917. The standard InChI is InChI=1S/C97H92B2N2O2/c1-91(2,3)60-42-57(43-61(48-60)92(4,5)6)58-44-82-89-86(46-58)102-84-56-85-79(55-78(84)98(89)76-38-25-27-40-80(76)100(82)66-51-62(93(7,8)9)49-63(52-66)94(10,11)12)99-77-39-26-28-41-81(77)101(67-53-64(95(13,14)15)50-65(54-67)96(16,17)18)83-45-59(47-87(103-85)90(83)99)68-33-29-34-72-71-32-21-24-37-75(71)97(88(68)72)73-35-22-19-30-69(73)70-31-20-23-36-74(70)97/h19-56H,1-18H3/i19D,20D,22D,23D,30D,31D,35D,36D. The van der Waals surface area contributed by atoms with Crippen molar-refractivity contribution in [1.82, 2.24) is 0 Å². The quantitative estimate of drug-likeness (QED) is 0.164. The summed E-state index contributed by atoms with van der Waals surface area (Å²) in [5, 5.41) is 0. The minimum absolute atomic E-state index is 0.0691. The van der Waals surface area contributed by atoms with Crippen LogP contribution in [0.1, 0.15) is 191 Å². The lowest BCUT2D eigenvalue weighted by molar-refractivity contribution is 0.466. The van der Waals surface area contributed by atoms with Gasteiger partial charge >= 0.3 is 0 Å². The molecule has 0 saturated heterocycles. The molecule has 2 aliphatic carbocycles. The van der Waals surface area contributed by atoms with Crippen molar-refractivity contribution < 1.29 is 20.4 Å². The van der Waals surface area contributed by atoms with Gasteiger partial charge in [0.1, 0.15) is 23.0 Å². The molecule has 12 aromatic rings. The lowest BCUT2D eigenvalue weighted by Gasteiger charge is -2.43. The number of hydrogen-bond acceptors (Lipinski definition) is 4. The van der Waals surface area contributed by atoms with Gasteiger partial charge in [0.05, 0.1) is 16.4 Å². The molecule has 4 aliphatic heterocycles. The fourth-order valence-electron chi connectivity index (χ4n) is 17.4. The third-order valence-corrected chi connectivity index (χ3v) is 23.0. The van der Waals surface area contributed by atoms with Gasteiger partial charge in [0, 0.05) is 40.2 Å². The molecule has 0 amide bonds. The molecule has 6 aliphatic rings. The molecule has 0 saturated carbocycles. The maximum absolute atomic E-state index is 10.1. The number of ether oxygens (including phenoxy) is 2. The topological polar surface area (TPSA) is 24.9 Å². The van der Waals surface area contributed by atoms with Crippen molar-refractivity contribution in [3.05, 3.63) is 286 Å². The normalized spacial score (nSPS) is 15.9. The highest BCUT2D eigenvalue weighted by Crippen LogP contribution is 2.65. The summed E-state index contributed by atoms with van der Waals surface area (Å²) in [6.45, 7) is 40.6. The molecule has 0 fully saturated rings. The molecule has 0 aromatic heterocycles. The van der Waals surface area contributed by atoms with Gasteiger partial charge in [0.2, 0.25) is 0 Å². The Morgan fingerprint density at radius 2 is 0.680 bits per heavy atom. The molecule has 12 aromatic carbocycles.